The van der Waals surface area contributed by atoms with Crippen molar-refractivity contribution in [2.45, 2.75) is 31.8 Å². The molecule has 0 aromatic carbocycles. The normalized spacial score (nSPS) is 25.1. The van der Waals surface area contributed by atoms with Crippen LogP contribution in [0.1, 0.15) is 35.9 Å². The molecular formula is C14H16N2O5. The topological polar surface area (TPSA) is 88.8 Å². The van der Waals surface area contributed by atoms with Crippen molar-refractivity contribution in [1.29, 1.82) is 0 Å². The fourth-order valence-electron chi connectivity index (χ4n) is 2.70. The summed E-state index contributed by atoms with van der Waals surface area (Å²) in [6.07, 6.45) is 3.20. The monoisotopic (exact) mass is 292 g/mol. The Hall–Kier alpha value is -2.31. The third-order valence-electron chi connectivity index (χ3n) is 4.15. The van der Waals surface area contributed by atoms with E-state index < -0.39 is 17.5 Å². The molecule has 1 atom stereocenters. The molecule has 0 bridgehead atoms. The Labute approximate surface area is 121 Å². The number of urea groups is 1. The van der Waals surface area contributed by atoms with Gasteiger partial charge < -0.3 is 14.5 Å². The molecule has 0 radical (unpaired) electrons. The standard InChI is InChI=1S/C14H16N2O5/c1-14(8-3-4-8)12(18)16(13(19)15-14)7-10-9(5-6-21-10)11(17)20-2/h5-6,8H,3-4,7H2,1-2H3,(H,15,19). The molecule has 1 saturated heterocycles. The Kier molecular flexibility index (Phi) is 3.00. The van der Waals surface area contributed by atoms with Crippen molar-refractivity contribution < 1.29 is 23.5 Å². The number of nitrogens with zero attached hydrogens (tertiary/aromatic N) is 1. The number of esters is 1. The second kappa shape index (κ2) is 4.61. The van der Waals surface area contributed by atoms with Gasteiger partial charge in [-0.3, -0.25) is 9.69 Å². The summed E-state index contributed by atoms with van der Waals surface area (Å²) in [4.78, 5) is 37.2. The van der Waals surface area contributed by atoms with E-state index in [4.69, 9.17) is 4.42 Å². The number of imide groups is 1. The SMILES string of the molecule is COC(=O)c1ccoc1CN1C(=O)NC(C)(C2CC2)C1=O. The highest BCUT2D eigenvalue weighted by molar-refractivity contribution is 6.07. The first-order valence-electron chi connectivity index (χ1n) is 6.76. The van der Waals surface area contributed by atoms with E-state index in [0.717, 1.165) is 17.7 Å². The molecule has 112 valence electrons. The average molecular weight is 292 g/mol. The van der Waals surface area contributed by atoms with Crippen LogP contribution < -0.4 is 5.32 Å². The summed E-state index contributed by atoms with van der Waals surface area (Å²) < 4.78 is 9.86. The van der Waals surface area contributed by atoms with Gasteiger partial charge in [-0.25, -0.2) is 9.59 Å². The molecule has 2 fully saturated rings. The second-order valence-corrected chi connectivity index (χ2v) is 5.55. The number of carbonyl (C=O) groups is 3. The number of hydrogen-bond acceptors (Lipinski definition) is 5. The van der Waals surface area contributed by atoms with Gasteiger partial charge in [0.15, 0.2) is 0 Å². The lowest BCUT2D eigenvalue weighted by Crippen LogP contribution is -2.46. The average Bonchev–Trinajstić information content (AvgIpc) is 3.18. The first-order valence-corrected chi connectivity index (χ1v) is 6.76. The lowest BCUT2D eigenvalue weighted by Gasteiger charge is -2.20. The van der Waals surface area contributed by atoms with Crippen LogP contribution in [0.4, 0.5) is 4.79 Å². The van der Waals surface area contributed by atoms with E-state index in [9.17, 15) is 14.4 Å². The molecule has 7 heteroatoms. The summed E-state index contributed by atoms with van der Waals surface area (Å²) in [5.41, 5.74) is -0.618. The van der Waals surface area contributed by atoms with Gasteiger partial charge in [-0.1, -0.05) is 0 Å². The quantitative estimate of drug-likeness (QED) is 0.667. The summed E-state index contributed by atoms with van der Waals surface area (Å²) in [6.45, 7) is 1.67. The third-order valence-corrected chi connectivity index (χ3v) is 4.15. The van der Waals surface area contributed by atoms with Crippen molar-refractivity contribution in [2.75, 3.05) is 7.11 Å². The molecule has 3 amide bonds. The van der Waals surface area contributed by atoms with Crippen molar-refractivity contribution in [2.24, 2.45) is 5.92 Å². The molecule has 2 heterocycles. The van der Waals surface area contributed by atoms with Crippen LogP contribution in [0.25, 0.3) is 0 Å². The molecule has 1 unspecified atom stereocenters. The number of ether oxygens (including phenoxy) is 1. The van der Waals surface area contributed by atoms with Crippen LogP contribution >= 0.6 is 0 Å². The Morgan fingerprint density at radius 3 is 2.86 bits per heavy atom. The molecular weight excluding hydrogens is 276 g/mol. The van der Waals surface area contributed by atoms with E-state index in [0.29, 0.717) is 0 Å². The van der Waals surface area contributed by atoms with Crippen LogP contribution in [-0.4, -0.2) is 35.5 Å². The van der Waals surface area contributed by atoms with E-state index in [-0.39, 0.29) is 29.7 Å². The zero-order chi connectivity index (χ0) is 15.2. The second-order valence-electron chi connectivity index (χ2n) is 5.55. The summed E-state index contributed by atoms with van der Waals surface area (Å²) in [5, 5.41) is 2.75. The Morgan fingerprint density at radius 1 is 1.52 bits per heavy atom. The number of methoxy groups -OCH3 is 1. The molecule has 3 rings (SSSR count). The zero-order valence-corrected chi connectivity index (χ0v) is 11.8. The predicted molar refractivity (Wildman–Crippen MR) is 70.3 cm³/mol. The number of carbonyl (C=O) groups excluding carboxylic acids is 3. The Bertz CT molecular complexity index is 619. The molecule has 1 N–H and O–H groups in total. The van der Waals surface area contributed by atoms with Crippen molar-refractivity contribution in [3.05, 3.63) is 23.7 Å². The molecule has 1 aliphatic carbocycles. The molecule has 1 aromatic heterocycles. The van der Waals surface area contributed by atoms with Gasteiger partial charge in [-0.15, -0.1) is 0 Å². The van der Waals surface area contributed by atoms with Crippen LogP contribution in [-0.2, 0) is 16.1 Å². The minimum Gasteiger partial charge on any atom is -0.467 e. The first-order chi connectivity index (χ1) is 9.97. The molecule has 7 nitrogen and oxygen atoms in total. The van der Waals surface area contributed by atoms with E-state index in [2.05, 4.69) is 10.1 Å². The molecule has 1 saturated carbocycles. The lowest BCUT2D eigenvalue weighted by atomic mass is 9.96. The van der Waals surface area contributed by atoms with E-state index in [1.807, 2.05) is 0 Å². The smallest absolute Gasteiger partial charge is 0.341 e. The third kappa shape index (κ3) is 2.09. The van der Waals surface area contributed by atoms with Gasteiger partial charge >= 0.3 is 12.0 Å². The van der Waals surface area contributed by atoms with Gasteiger partial charge in [0, 0.05) is 0 Å². The highest BCUT2D eigenvalue weighted by Crippen LogP contribution is 2.42. The Balaban J connectivity index is 1.82. The van der Waals surface area contributed by atoms with Gasteiger partial charge in [0.1, 0.15) is 16.9 Å². The molecule has 0 spiro atoms. The van der Waals surface area contributed by atoms with Crippen LogP contribution in [0.15, 0.2) is 16.7 Å². The number of hydrogen-bond donors (Lipinski definition) is 1. The van der Waals surface area contributed by atoms with Gasteiger partial charge in [-0.2, -0.15) is 0 Å². The highest BCUT2D eigenvalue weighted by Gasteiger charge is 2.56. The molecule has 1 aliphatic heterocycles. The fraction of sp³-hybridized carbons (Fsp3) is 0.500. The fourth-order valence-corrected chi connectivity index (χ4v) is 2.70. The predicted octanol–water partition coefficient (Wildman–Crippen LogP) is 1.29. The summed E-state index contributed by atoms with van der Waals surface area (Å²) in [7, 11) is 1.26. The molecule has 1 aromatic rings. The van der Waals surface area contributed by atoms with Gasteiger partial charge in [0.2, 0.25) is 0 Å². The Morgan fingerprint density at radius 2 is 2.24 bits per heavy atom. The lowest BCUT2D eigenvalue weighted by molar-refractivity contribution is -0.132. The van der Waals surface area contributed by atoms with Gasteiger partial charge in [0.25, 0.3) is 5.91 Å². The number of furan rings is 1. The van der Waals surface area contributed by atoms with E-state index in [1.165, 1.54) is 19.4 Å². The zero-order valence-electron chi connectivity index (χ0n) is 11.8. The number of nitrogens with one attached hydrogen (secondary N) is 1. The van der Waals surface area contributed by atoms with Crippen LogP contribution in [0.2, 0.25) is 0 Å². The summed E-state index contributed by atoms with van der Waals surface area (Å²) in [6, 6.07) is 1.00. The van der Waals surface area contributed by atoms with Crippen LogP contribution in [0, 0.1) is 5.92 Å². The number of rotatable bonds is 4. The van der Waals surface area contributed by atoms with Gasteiger partial charge in [-0.05, 0) is 31.7 Å². The maximum absolute atomic E-state index is 12.5. The van der Waals surface area contributed by atoms with Crippen molar-refractivity contribution in [1.82, 2.24) is 10.2 Å². The maximum Gasteiger partial charge on any atom is 0.341 e. The van der Waals surface area contributed by atoms with E-state index >= 15 is 0 Å². The maximum atomic E-state index is 12.5. The summed E-state index contributed by atoms with van der Waals surface area (Å²) >= 11 is 0. The highest BCUT2D eigenvalue weighted by atomic mass is 16.5. The van der Waals surface area contributed by atoms with Crippen molar-refractivity contribution in [3.63, 3.8) is 0 Å². The van der Waals surface area contributed by atoms with Crippen LogP contribution in [0.5, 0.6) is 0 Å². The largest absolute Gasteiger partial charge is 0.467 e. The van der Waals surface area contributed by atoms with Crippen molar-refractivity contribution >= 4 is 17.9 Å². The molecule has 2 aliphatic rings. The van der Waals surface area contributed by atoms with Gasteiger partial charge in [0.05, 0.1) is 19.9 Å². The minimum atomic E-state index is -0.838. The van der Waals surface area contributed by atoms with Crippen LogP contribution in [0.3, 0.4) is 0 Å². The minimum absolute atomic E-state index is 0.0790. The van der Waals surface area contributed by atoms with E-state index in [1.54, 1.807) is 6.92 Å². The first kappa shape index (κ1) is 13.7. The molecule has 21 heavy (non-hydrogen) atoms. The number of amides is 3. The summed E-state index contributed by atoms with van der Waals surface area (Å²) in [5.74, 6) is -0.404. The van der Waals surface area contributed by atoms with Crippen molar-refractivity contribution in [3.8, 4) is 0 Å².